The lowest BCUT2D eigenvalue weighted by atomic mass is 9.64. The molecule has 2 unspecified atom stereocenters. The van der Waals surface area contributed by atoms with Crippen LogP contribution in [0.1, 0.15) is 83.2 Å². The van der Waals surface area contributed by atoms with Crippen molar-refractivity contribution in [3.05, 3.63) is 171 Å². The summed E-state index contributed by atoms with van der Waals surface area (Å²) in [6.07, 6.45) is 2.38. The van der Waals surface area contributed by atoms with E-state index in [1.807, 2.05) is 0 Å². The van der Waals surface area contributed by atoms with Gasteiger partial charge in [0.15, 0.2) is 0 Å². The largest absolute Gasteiger partial charge is 0.143 e. The van der Waals surface area contributed by atoms with Crippen LogP contribution in [0.2, 0.25) is 0 Å². The van der Waals surface area contributed by atoms with Crippen molar-refractivity contribution in [2.24, 2.45) is 5.41 Å². The van der Waals surface area contributed by atoms with E-state index in [0.29, 0.717) is 11.3 Å². The highest BCUT2D eigenvalue weighted by Crippen LogP contribution is 2.58. The highest BCUT2D eigenvalue weighted by Gasteiger charge is 2.47. The predicted molar refractivity (Wildman–Crippen MR) is 207 cm³/mol. The lowest BCUT2D eigenvalue weighted by Gasteiger charge is -2.39. The molecule has 2 aliphatic rings. The molecule has 0 bridgehead atoms. The molecule has 0 saturated carbocycles. The summed E-state index contributed by atoms with van der Waals surface area (Å²) in [6, 6.07) is 46.4. The molecule has 0 nitrogen and oxygen atoms in total. The molecule has 2 atom stereocenters. The van der Waals surface area contributed by atoms with E-state index >= 15 is 0 Å². The first-order chi connectivity index (χ1) is 23.0. The molecule has 0 radical (unpaired) electrons. The fourth-order valence-corrected chi connectivity index (χ4v) is 8.89. The van der Waals surface area contributed by atoms with Gasteiger partial charge in [-0.2, -0.15) is 0 Å². The van der Waals surface area contributed by atoms with Gasteiger partial charge >= 0.3 is 0 Å². The molecule has 0 amide bonds. The Labute approximate surface area is 292 Å². The molecule has 0 fully saturated rings. The third kappa shape index (κ3) is 4.98. The van der Waals surface area contributed by atoms with Crippen LogP contribution in [0.3, 0.4) is 0 Å². The number of fused-ring (bicyclic) bond motifs is 4. The van der Waals surface area contributed by atoms with Crippen LogP contribution in [0.15, 0.2) is 126 Å². The Kier molecular flexibility index (Phi) is 7.35. The van der Waals surface area contributed by atoms with Crippen molar-refractivity contribution < 1.29 is 0 Å². The Morgan fingerprint density at radius 1 is 0.604 bits per heavy atom. The molecule has 48 heavy (non-hydrogen) atoms. The van der Waals surface area contributed by atoms with E-state index < -0.39 is 5.41 Å². The molecule has 0 aromatic heterocycles. The molecule has 0 spiro atoms. The van der Waals surface area contributed by atoms with E-state index in [2.05, 4.69) is 163 Å². The highest BCUT2D eigenvalue weighted by molar-refractivity contribution is 7.80. The fraction of sp³-hybridized carbons (Fsp3) is 0.234. The molecular weight excluding hydrogens is 597 g/mol. The smallest absolute Gasteiger partial charge is 0.0714 e. The molecule has 238 valence electrons. The minimum Gasteiger partial charge on any atom is -0.143 e. The Hall–Kier alpha value is -4.33. The Morgan fingerprint density at radius 2 is 1.23 bits per heavy atom. The lowest BCUT2D eigenvalue weighted by Crippen LogP contribution is -2.30. The summed E-state index contributed by atoms with van der Waals surface area (Å²) in [6.45, 7) is 13.7. The first-order valence-electron chi connectivity index (χ1n) is 17.4. The molecule has 2 aliphatic carbocycles. The monoisotopic (exact) mass is 640 g/mol. The molecule has 0 heterocycles. The SMILES string of the molecule is Cc1ccc(C)c(-c2ccc3c(c2)C(c2ccccc2)(c2ccc4c(c2)CC4CC(C)(C)C)c2cc(-c4cc(S)ccc4C)ccc2-3)c1. The molecule has 0 saturated heterocycles. The van der Waals surface area contributed by atoms with Gasteiger partial charge in [0.25, 0.3) is 0 Å². The van der Waals surface area contributed by atoms with E-state index in [0.717, 1.165) is 11.3 Å². The summed E-state index contributed by atoms with van der Waals surface area (Å²) in [5.74, 6) is 0.642. The summed E-state index contributed by atoms with van der Waals surface area (Å²) in [5.41, 5.74) is 19.8. The summed E-state index contributed by atoms with van der Waals surface area (Å²) in [7, 11) is 0. The van der Waals surface area contributed by atoms with Crippen LogP contribution in [-0.4, -0.2) is 0 Å². The number of aryl methyl sites for hydroxylation is 3. The topological polar surface area (TPSA) is 0 Å². The maximum Gasteiger partial charge on any atom is 0.0714 e. The zero-order valence-electron chi connectivity index (χ0n) is 29.0. The molecule has 8 rings (SSSR count). The second-order valence-electron chi connectivity index (χ2n) is 15.5. The van der Waals surface area contributed by atoms with E-state index in [9.17, 15) is 0 Å². The van der Waals surface area contributed by atoms with Gasteiger partial charge in [-0.25, -0.2) is 0 Å². The maximum absolute atomic E-state index is 4.74. The fourth-order valence-electron chi connectivity index (χ4n) is 8.68. The molecule has 6 aromatic carbocycles. The van der Waals surface area contributed by atoms with Gasteiger partial charge in [0.2, 0.25) is 0 Å². The van der Waals surface area contributed by atoms with Gasteiger partial charge in [-0.1, -0.05) is 123 Å². The summed E-state index contributed by atoms with van der Waals surface area (Å²) in [4.78, 5) is 0.985. The van der Waals surface area contributed by atoms with Gasteiger partial charge in [-0.3, -0.25) is 0 Å². The van der Waals surface area contributed by atoms with Crippen LogP contribution in [-0.2, 0) is 11.8 Å². The van der Waals surface area contributed by atoms with Gasteiger partial charge in [0.1, 0.15) is 0 Å². The number of thiol groups is 1. The van der Waals surface area contributed by atoms with Gasteiger partial charge in [0, 0.05) is 4.90 Å². The van der Waals surface area contributed by atoms with Crippen LogP contribution in [0.5, 0.6) is 0 Å². The van der Waals surface area contributed by atoms with Crippen LogP contribution in [0.4, 0.5) is 0 Å². The van der Waals surface area contributed by atoms with E-state index in [-0.39, 0.29) is 0 Å². The average Bonchev–Trinajstić information content (AvgIpc) is 3.35. The zero-order chi connectivity index (χ0) is 33.4. The number of rotatable bonds is 5. The van der Waals surface area contributed by atoms with Crippen LogP contribution in [0, 0.1) is 26.2 Å². The molecule has 0 aliphatic heterocycles. The molecule has 1 heteroatoms. The zero-order valence-corrected chi connectivity index (χ0v) is 29.9. The Morgan fingerprint density at radius 3 is 1.85 bits per heavy atom. The second-order valence-corrected chi connectivity index (χ2v) is 16.1. The minimum atomic E-state index is -0.466. The van der Waals surface area contributed by atoms with E-state index in [1.54, 1.807) is 0 Å². The normalized spacial score (nSPS) is 17.8. The standard InChI is InChI=1S/C47H44S/c1-29-12-13-30(2)42(22-29)32-15-19-40-41-20-16-33(43-27-38(48)18-14-31(43)3)26-45(41)47(44(40)25-32,36-10-8-7-9-11-36)37-17-21-39-34(24-37)23-35(39)28-46(4,5)6/h7-22,24-27,35,48H,23,28H2,1-6H3. The second kappa shape index (κ2) is 11.4. The third-order valence-corrected chi connectivity index (χ3v) is 11.2. The van der Waals surface area contributed by atoms with Crippen molar-refractivity contribution in [2.75, 3.05) is 0 Å². The van der Waals surface area contributed by atoms with Crippen molar-refractivity contribution in [1.82, 2.24) is 0 Å². The Balaban J connectivity index is 1.42. The number of hydrogen-bond acceptors (Lipinski definition) is 1. The van der Waals surface area contributed by atoms with Gasteiger partial charge in [0.05, 0.1) is 5.41 Å². The van der Waals surface area contributed by atoms with Crippen molar-refractivity contribution >= 4 is 12.6 Å². The number of hydrogen-bond donors (Lipinski definition) is 1. The van der Waals surface area contributed by atoms with Crippen LogP contribution in [0.25, 0.3) is 33.4 Å². The van der Waals surface area contributed by atoms with Gasteiger partial charge < -0.3 is 0 Å². The van der Waals surface area contributed by atoms with Crippen LogP contribution >= 0.6 is 12.6 Å². The highest BCUT2D eigenvalue weighted by atomic mass is 32.1. The summed E-state index contributed by atoms with van der Waals surface area (Å²) in [5, 5.41) is 0. The molecule has 6 aromatic rings. The molecule has 0 N–H and O–H groups in total. The Bertz CT molecular complexity index is 2110. The quantitative estimate of drug-likeness (QED) is 0.178. The average molecular weight is 641 g/mol. The van der Waals surface area contributed by atoms with Crippen molar-refractivity contribution in [3.63, 3.8) is 0 Å². The summed E-state index contributed by atoms with van der Waals surface area (Å²) < 4.78 is 0. The molecular formula is C47H44S. The lowest BCUT2D eigenvalue weighted by molar-refractivity contribution is 0.323. The van der Waals surface area contributed by atoms with E-state index in [4.69, 9.17) is 12.6 Å². The maximum atomic E-state index is 4.74. The van der Waals surface area contributed by atoms with Gasteiger partial charge in [-0.15, -0.1) is 12.6 Å². The third-order valence-electron chi connectivity index (χ3n) is 10.9. The van der Waals surface area contributed by atoms with Crippen molar-refractivity contribution in [2.45, 2.75) is 70.6 Å². The van der Waals surface area contributed by atoms with Crippen molar-refractivity contribution in [1.29, 1.82) is 0 Å². The first-order valence-corrected chi connectivity index (χ1v) is 17.8. The van der Waals surface area contributed by atoms with Crippen molar-refractivity contribution in [3.8, 4) is 33.4 Å². The summed E-state index contributed by atoms with van der Waals surface area (Å²) >= 11 is 4.74. The van der Waals surface area contributed by atoms with E-state index in [1.165, 1.54) is 89.9 Å². The number of benzene rings is 6. The van der Waals surface area contributed by atoms with Gasteiger partial charge in [-0.05, 0) is 147 Å². The minimum absolute atomic E-state index is 0.318. The predicted octanol–water partition coefficient (Wildman–Crippen LogP) is 12.7. The van der Waals surface area contributed by atoms with Crippen LogP contribution < -0.4 is 0 Å². The first kappa shape index (κ1) is 31.0.